The monoisotopic (exact) mass is 163 g/mol. The Kier molecular flexibility index (Phi) is 2.47. The molecule has 1 rings (SSSR count). The van der Waals surface area contributed by atoms with Crippen LogP contribution in [-0.2, 0) is 0 Å². The summed E-state index contributed by atoms with van der Waals surface area (Å²) >= 11 is 0. The lowest BCUT2D eigenvalue weighted by Crippen LogP contribution is -2.34. The van der Waals surface area contributed by atoms with Crippen molar-refractivity contribution >= 4 is 0 Å². The average Bonchev–Trinajstić information content (AvgIpc) is 1.83. The van der Waals surface area contributed by atoms with Crippen LogP contribution in [0.15, 0.2) is 0 Å². The summed E-state index contributed by atoms with van der Waals surface area (Å²) in [4.78, 5) is 0. The fraction of sp³-hybridized carbons (Fsp3) is 1.00. The summed E-state index contributed by atoms with van der Waals surface area (Å²) in [5, 5.41) is 0. The lowest BCUT2D eigenvalue weighted by molar-refractivity contribution is -0.0676. The van der Waals surface area contributed by atoms with Gasteiger partial charge < -0.3 is 5.73 Å². The fourth-order valence-electron chi connectivity index (χ4n) is 1.93. The van der Waals surface area contributed by atoms with Gasteiger partial charge in [0.15, 0.2) is 0 Å². The topological polar surface area (TPSA) is 26.0 Å². The molecule has 0 spiro atoms. The highest BCUT2D eigenvalue weighted by atomic mass is 19.3. The molecule has 1 fully saturated rings. The van der Waals surface area contributed by atoms with Gasteiger partial charge in [-0.05, 0) is 24.8 Å². The number of nitrogens with two attached hydrogens (primary N) is 1. The van der Waals surface area contributed by atoms with Crippen molar-refractivity contribution < 1.29 is 8.78 Å². The first kappa shape index (κ1) is 8.91. The Hall–Kier alpha value is -0.180. The van der Waals surface area contributed by atoms with Crippen LogP contribution in [0.25, 0.3) is 0 Å². The summed E-state index contributed by atoms with van der Waals surface area (Å²) < 4.78 is 25.7. The Balaban J connectivity index is 2.51. The molecular formula is C8H15F2N. The number of halogens is 2. The molecule has 1 nitrogen and oxygen atoms in total. The molecule has 0 heterocycles. The van der Waals surface area contributed by atoms with E-state index < -0.39 is 5.92 Å². The van der Waals surface area contributed by atoms with Gasteiger partial charge in [-0.25, -0.2) is 8.78 Å². The average molecular weight is 163 g/mol. The Morgan fingerprint density at radius 3 is 2.55 bits per heavy atom. The van der Waals surface area contributed by atoms with E-state index in [-0.39, 0.29) is 24.7 Å². The number of hydrogen-bond acceptors (Lipinski definition) is 1. The lowest BCUT2D eigenvalue weighted by atomic mass is 9.80. The van der Waals surface area contributed by atoms with Crippen LogP contribution in [-0.4, -0.2) is 12.5 Å². The summed E-state index contributed by atoms with van der Waals surface area (Å²) in [5.74, 6) is -2.29. The molecule has 0 aliphatic heterocycles. The highest BCUT2D eigenvalue weighted by Gasteiger charge is 2.38. The van der Waals surface area contributed by atoms with E-state index in [0.29, 0.717) is 6.54 Å². The largest absolute Gasteiger partial charge is 0.330 e. The molecule has 2 N–H and O–H groups in total. The first-order valence-corrected chi connectivity index (χ1v) is 4.11. The van der Waals surface area contributed by atoms with Crippen LogP contribution in [0.5, 0.6) is 0 Å². The first-order valence-electron chi connectivity index (χ1n) is 4.11. The molecule has 0 amide bonds. The molecule has 11 heavy (non-hydrogen) atoms. The predicted octanol–water partition coefficient (Wildman–Crippen LogP) is 2.02. The fourth-order valence-corrected chi connectivity index (χ4v) is 1.93. The summed E-state index contributed by atoms with van der Waals surface area (Å²) in [7, 11) is 0. The van der Waals surface area contributed by atoms with Gasteiger partial charge in [0.05, 0.1) is 0 Å². The van der Waals surface area contributed by atoms with Crippen molar-refractivity contribution in [2.24, 2.45) is 17.6 Å². The van der Waals surface area contributed by atoms with Crippen LogP contribution >= 0.6 is 0 Å². The summed E-state index contributed by atoms with van der Waals surface area (Å²) in [5.41, 5.74) is 5.35. The maximum atomic E-state index is 12.8. The Bertz CT molecular complexity index is 136. The zero-order valence-corrected chi connectivity index (χ0v) is 6.82. The van der Waals surface area contributed by atoms with Crippen LogP contribution in [0.4, 0.5) is 8.78 Å². The molecule has 66 valence electrons. The number of rotatable bonds is 1. The predicted molar refractivity (Wildman–Crippen MR) is 40.5 cm³/mol. The molecule has 0 aromatic heterocycles. The molecule has 0 saturated heterocycles. The maximum Gasteiger partial charge on any atom is 0.248 e. The minimum Gasteiger partial charge on any atom is -0.330 e. The zero-order valence-electron chi connectivity index (χ0n) is 6.82. The van der Waals surface area contributed by atoms with Gasteiger partial charge in [0.1, 0.15) is 0 Å². The van der Waals surface area contributed by atoms with E-state index in [4.69, 9.17) is 5.73 Å². The molecule has 1 aliphatic rings. The molecule has 0 bridgehead atoms. The van der Waals surface area contributed by atoms with Crippen LogP contribution in [0, 0.1) is 11.8 Å². The van der Waals surface area contributed by atoms with Crippen molar-refractivity contribution in [1.82, 2.24) is 0 Å². The van der Waals surface area contributed by atoms with Crippen molar-refractivity contribution in [3.63, 3.8) is 0 Å². The third-order valence-electron chi connectivity index (χ3n) is 2.30. The van der Waals surface area contributed by atoms with Gasteiger partial charge in [-0.1, -0.05) is 6.92 Å². The van der Waals surface area contributed by atoms with Gasteiger partial charge in [0.25, 0.3) is 0 Å². The Labute approximate surface area is 66.0 Å². The van der Waals surface area contributed by atoms with Crippen LogP contribution < -0.4 is 5.73 Å². The highest BCUT2D eigenvalue weighted by molar-refractivity contribution is 4.82. The van der Waals surface area contributed by atoms with E-state index in [1.807, 2.05) is 6.92 Å². The third-order valence-corrected chi connectivity index (χ3v) is 2.30. The van der Waals surface area contributed by atoms with Crippen molar-refractivity contribution in [2.45, 2.75) is 32.1 Å². The van der Waals surface area contributed by atoms with Gasteiger partial charge in [-0.3, -0.25) is 0 Å². The molecule has 0 radical (unpaired) electrons. The lowest BCUT2D eigenvalue weighted by Gasteiger charge is -2.32. The van der Waals surface area contributed by atoms with E-state index in [1.165, 1.54) is 0 Å². The van der Waals surface area contributed by atoms with E-state index in [1.54, 1.807) is 0 Å². The van der Waals surface area contributed by atoms with E-state index in [9.17, 15) is 8.78 Å². The molecule has 0 aromatic carbocycles. The maximum absolute atomic E-state index is 12.8. The second-order valence-corrected chi connectivity index (χ2v) is 3.71. The van der Waals surface area contributed by atoms with Gasteiger partial charge >= 0.3 is 0 Å². The van der Waals surface area contributed by atoms with E-state index in [0.717, 1.165) is 6.42 Å². The number of alkyl halides is 2. The van der Waals surface area contributed by atoms with Gasteiger partial charge in [-0.2, -0.15) is 0 Å². The van der Waals surface area contributed by atoms with Crippen molar-refractivity contribution in [3.05, 3.63) is 0 Å². The SMILES string of the molecule is C[C@@H]1C[C@@H](CN)CC(F)(F)C1. The van der Waals surface area contributed by atoms with E-state index in [2.05, 4.69) is 0 Å². The van der Waals surface area contributed by atoms with Gasteiger partial charge in [0, 0.05) is 12.8 Å². The quantitative estimate of drug-likeness (QED) is 0.628. The Morgan fingerprint density at radius 1 is 1.45 bits per heavy atom. The first-order chi connectivity index (χ1) is 5.03. The third kappa shape index (κ3) is 2.40. The van der Waals surface area contributed by atoms with Gasteiger partial charge in [-0.15, -0.1) is 0 Å². The normalized spacial score (nSPS) is 37.1. The molecule has 3 heteroatoms. The zero-order chi connectivity index (χ0) is 8.48. The summed E-state index contributed by atoms with van der Waals surface area (Å²) in [6.45, 7) is 2.27. The van der Waals surface area contributed by atoms with Crippen LogP contribution in [0.2, 0.25) is 0 Å². The van der Waals surface area contributed by atoms with Crippen molar-refractivity contribution in [1.29, 1.82) is 0 Å². The Morgan fingerprint density at radius 2 is 2.09 bits per heavy atom. The molecule has 2 atom stereocenters. The minimum atomic E-state index is -2.46. The smallest absolute Gasteiger partial charge is 0.248 e. The second kappa shape index (κ2) is 3.05. The van der Waals surface area contributed by atoms with Gasteiger partial charge in [0.2, 0.25) is 5.92 Å². The minimum absolute atomic E-state index is 0.00611. The standard InChI is InChI=1S/C8H15F2N/c1-6-2-7(5-11)4-8(9,10)3-6/h6-7H,2-5,11H2,1H3/t6-,7-/m1/s1. The highest BCUT2D eigenvalue weighted by Crippen LogP contribution is 2.39. The van der Waals surface area contributed by atoms with Crippen molar-refractivity contribution in [3.8, 4) is 0 Å². The van der Waals surface area contributed by atoms with Crippen molar-refractivity contribution in [2.75, 3.05) is 6.54 Å². The summed E-state index contributed by atoms with van der Waals surface area (Å²) in [6.07, 6.45) is 0.906. The molecule has 1 saturated carbocycles. The number of hydrogen-bond donors (Lipinski definition) is 1. The van der Waals surface area contributed by atoms with E-state index >= 15 is 0 Å². The molecular weight excluding hydrogens is 148 g/mol. The van der Waals surface area contributed by atoms with Crippen LogP contribution in [0.3, 0.4) is 0 Å². The molecule has 1 aliphatic carbocycles. The van der Waals surface area contributed by atoms with Crippen LogP contribution in [0.1, 0.15) is 26.2 Å². The molecule has 0 unspecified atom stereocenters. The second-order valence-electron chi connectivity index (χ2n) is 3.71. The summed E-state index contributed by atoms with van der Waals surface area (Å²) in [6, 6.07) is 0. The molecule has 0 aromatic rings.